The molecule has 76 heavy (non-hydrogen) atoms. The molecule has 1 amide bonds. The fourth-order valence-electron chi connectivity index (χ4n) is 10.5. The normalized spacial score (nSPS) is 13.2. The van der Waals surface area contributed by atoms with Crippen molar-refractivity contribution >= 4 is 5.91 Å². The van der Waals surface area contributed by atoms with E-state index in [1.165, 1.54) is 283 Å². The second-order valence-electron chi connectivity index (χ2n) is 23.2. The number of aliphatic hydroxyl groups excluding tert-OH is 2. The van der Waals surface area contributed by atoms with Gasteiger partial charge in [0.15, 0.2) is 0 Å². The molecule has 0 radical (unpaired) electrons. The first-order valence-electron chi connectivity index (χ1n) is 34.2. The summed E-state index contributed by atoms with van der Waals surface area (Å²) in [5.74, 6) is -0.0674. The Morgan fingerprint density at radius 1 is 0.329 bits per heavy atom. The molecule has 0 spiro atoms. The summed E-state index contributed by atoms with van der Waals surface area (Å²) >= 11 is 0. The molecular formula is C72H133NO3. The van der Waals surface area contributed by atoms with Crippen molar-refractivity contribution < 1.29 is 15.0 Å². The molecule has 0 aliphatic carbocycles. The highest BCUT2D eigenvalue weighted by atomic mass is 16.3. The number of amides is 1. The molecule has 0 bridgehead atoms. The van der Waals surface area contributed by atoms with Crippen LogP contribution in [0.3, 0.4) is 0 Å². The van der Waals surface area contributed by atoms with Gasteiger partial charge in [0.25, 0.3) is 0 Å². The highest BCUT2D eigenvalue weighted by Gasteiger charge is 2.18. The molecule has 4 nitrogen and oxygen atoms in total. The van der Waals surface area contributed by atoms with Crippen molar-refractivity contribution in [3.05, 3.63) is 72.9 Å². The maximum absolute atomic E-state index is 12.5. The van der Waals surface area contributed by atoms with Gasteiger partial charge in [0, 0.05) is 6.42 Å². The molecule has 2 unspecified atom stereocenters. The molecule has 2 atom stereocenters. The van der Waals surface area contributed by atoms with Crippen LogP contribution in [0.5, 0.6) is 0 Å². The van der Waals surface area contributed by atoms with E-state index in [1.54, 1.807) is 6.08 Å². The molecule has 0 aromatic rings. The van der Waals surface area contributed by atoms with E-state index in [0.29, 0.717) is 6.42 Å². The second kappa shape index (κ2) is 67.1. The van der Waals surface area contributed by atoms with Gasteiger partial charge in [0.05, 0.1) is 18.8 Å². The number of nitrogens with one attached hydrogen (secondary N) is 1. The molecule has 0 aliphatic rings. The van der Waals surface area contributed by atoms with Crippen LogP contribution in [0.25, 0.3) is 0 Å². The van der Waals surface area contributed by atoms with Gasteiger partial charge in [-0.3, -0.25) is 4.79 Å². The maximum atomic E-state index is 12.5. The van der Waals surface area contributed by atoms with E-state index in [0.717, 1.165) is 57.8 Å². The summed E-state index contributed by atoms with van der Waals surface area (Å²) in [4.78, 5) is 12.5. The van der Waals surface area contributed by atoms with Crippen LogP contribution in [-0.2, 0) is 4.79 Å². The molecule has 0 aromatic heterocycles. The first-order valence-corrected chi connectivity index (χ1v) is 34.2. The van der Waals surface area contributed by atoms with Crippen molar-refractivity contribution in [1.29, 1.82) is 0 Å². The lowest BCUT2D eigenvalue weighted by atomic mass is 10.0. The summed E-state index contributed by atoms with van der Waals surface area (Å²) in [7, 11) is 0. The third-order valence-corrected chi connectivity index (χ3v) is 15.7. The summed E-state index contributed by atoms with van der Waals surface area (Å²) in [5.41, 5.74) is 0. The average Bonchev–Trinajstić information content (AvgIpc) is 3.42. The SMILES string of the molecule is CC/C=C\C/C=C\C/C=C\C/C=C\CCCCCCCCCCCCCCCCCCCCCCCCCCCCC(=O)NC(CO)C(O)/C=C/CC/C=C/CCCCCCCCCCCCCCCCCCCCC. The first-order chi connectivity index (χ1) is 37.7. The third-order valence-electron chi connectivity index (χ3n) is 15.7. The van der Waals surface area contributed by atoms with Crippen LogP contribution < -0.4 is 5.32 Å². The number of allylic oxidation sites excluding steroid dienone is 11. The number of aliphatic hydroxyl groups is 2. The van der Waals surface area contributed by atoms with Crippen LogP contribution in [0, 0.1) is 0 Å². The van der Waals surface area contributed by atoms with Crippen molar-refractivity contribution in [1.82, 2.24) is 5.32 Å². The fourth-order valence-corrected chi connectivity index (χ4v) is 10.5. The highest BCUT2D eigenvalue weighted by Crippen LogP contribution is 2.18. The molecule has 0 saturated heterocycles. The van der Waals surface area contributed by atoms with Gasteiger partial charge in [-0.25, -0.2) is 0 Å². The minimum absolute atomic E-state index is 0.0674. The lowest BCUT2D eigenvalue weighted by Crippen LogP contribution is -2.45. The van der Waals surface area contributed by atoms with E-state index in [4.69, 9.17) is 0 Å². The molecule has 0 aromatic carbocycles. The van der Waals surface area contributed by atoms with Crippen LogP contribution in [0.2, 0.25) is 0 Å². The summed E-state index contributed by atoms with van der Waals surface area (Å²) in [6.07, 6.45) is 97.0. The third kappa shape index (κ3) is 62.7. The summed E-state index contributed by atoms with van der Waals surface area (Å²) < 4.78 is 0. The zero-order chi connectivity index (χ0) is 54.8. The van der Waals surface area contributed by atoms with Gasteiger partial charge in [0.1, 0.15) is 0 Å². The van der Waals surface area contributed by atoms with Crippen molar-refractivity contribution in [3.63, 3.8) is 0 Å². The Kier molecular flexibility index (Phi) is 65.2. The lowest BCUT2D eigenvalue weighted by Gasteiger charge is -2.19. The van der Waals surface area contributed by atoms with Crippen LogP contribution in [0.15, 0.2) is 72.9 Å². The topological polar surface area (TPSA) is 69.6 Å². The summed E-state index contributed by atoms with van der Waals surface area (Å²) in [6, 6.07) is -0.641. The molecule has 0 saturated carbocycles. The van der Waals surface area contributed by atoms with E-state index in [1.807, 2.05) is 6.08 Å². The molecular weight excluding hydrogens is 927 g/mol. The zero-order valence-electron chi connectivity index (χ0n) is 51.3. The number of rotatable bonds is 63. The van der Waals surface area contributed by atoms with Crippen molar-refractivity contribution in [3.8, 4) is 0 Å². The van der Waals surface area contributed by atoms with Gasteiger partial charge in [-0.05, 0) is 70.6 Å². The summed E-state index contributed by atoms with van der Waals surface area (Å²) in [6.45, 7) is 4.22. The number of hydrogen-bond acceptors (Lipinski definition) is 3. The predicted octanol–water partition coefficient (Wildman–Crippen LogP) is 23.3. The maximum Gasteiger partial charge on any atom is 0.220 e. The van der Waals surface area contributed by atoms with E-state index in [2.05, 4.69) is 79.9 Å². The van der Waals surface area contributed by atoms with Crippen LogP contribution >= 0.6 is 0 Å². The molecule has 3 N–H and O–H groups in total. The lowest BCUT2D eigenvalue weighted by molar-refractivity contribution is -0.123. The Morgan fingerprint density at radius 2 is 0.592 bits per heavy atom. The van der Waals surface area contributed by atoms with Gasteiger partial charge >= 0.3 is 0 Å². The van der Waals surface area contributed by atoms with Gasteiger partial charge in [-0.15, -0.1) is 0 Å². The van der Waals surface area contributed by atoms with Crippen molar-refractivity contribution in [2.45, 2.75) is 373 Å². The monoisotopic (exact) mass is 1060 g/mol. The Bertz CT molecular complexity index is 1290. The van der Waals surface area contributed by atoms with E-state index < -0.39 is 12.1 Å². The predicted molar refractivity (Wildman–Crippen MR) is 341 cm³/mol. The Labute approximate surface area is 476 Å². The number of carbonyl (C=O) groups excluding carboxylic acids is 1. The molecule has 4 heteroatoms. The largest absolute Gasteiger partial charge is 0.394 e. The molecule has 0 aliphatic heterocycles. The van der Waals surface area contributed by atoms with E-state index in [-0.39, 0.29) is 12.5 Å². The van der Waals surface area contributed by atoms with Gasteiger partial charge in [-0.2, -0.15) is 0 Å². The average molecular weight is 1060 g/mol. The van der Waals surface area contributed by atoms with Crippen LogP contribution in [0.1, 0.15) is 361 Å². The molecule has 0 fully saturated rings. The zero-order valence-corrected chi connectivity index (χ0v) is 51.3. The Morgan fingerprint density at radius 3 is 0.921 bits per heavy atom. The van der Waals surface area contributed by atoms with Gasteiger partial charge in [0.2, 0.25) is 5.91 Å². The second-order valence-corrected chi connectivity index (χ2v) is 23.2. The first kappa shape index (κ1) is 73.8. The number of unbranched alkanes of at least 4 members (excludes halogenated alkanes) is 46. The van der Waals surface area contributed by atoms with Crippen molar-refractivity contribution in [2.75, 3.05) is 6.61 Å². The van der Waals surface area contributed by atoms with Gasteiger partial charge in [-0.1, -0.05) is 356 Å². The van der Waals surface area contributed by atoms with Gasteiger partial charge < -0.3 is 15.5 Å². The number of carbonyl (C=O) groups is 1. The fraction of sp³-hybridized carbons (Fsp3) is 0.819. The standard InChI is InChI=1S/C72H133NO3/c1-3-5-7-9-11-13-15-17-19-21-23-25-27-29-30-31-32-33-34-35-36-37-38-39-40-41-42-44-46-48-50-52-54-56-58-60-62-64-66-68-72(76)73-70(69-74)71(75)67-65-63-61-59-57-55-53-51-49-47-45-43-28-26-24-22-20-18-16-14-12-10-8-6-4-2/h5,7,11,13,17,19,23,25,57,59,65,67,70-71,74-75H,3-4,6,8-10,12,14-16,18,20-22,24,26-56,58,60-64,66,68-69H2,1-2H3,(H,73,76)/b7-5-,13-11-,19-17-,25-23-,59-57+,67-65+. The summed E-state index contributed by atoms with van der Waals surface area (Å²) in [5, 5.41) is 23.2. The molecule has 0 rings (SSSR count). The Balaban J connectivity index is 3.44. The quantitative estimate of drug-likeness (QED) is 0.0420. The van der Waals surface area contributed by atoms with Crippen LogP contribution in [0.4, 0.5) is 0 Å². The van der Waals surface area contributed by atoms with Crippen molar-refractivity contribution in [2.24, 2.45) is 0 Å². The minimum Gasteiger partial charge on any atom is -0.394 e. The smallest absolute Gasteiger partial charge is 0.220 e. The Hall–Kier alpha value is -2.17. The van der Waals surface area contributed by atoms with E-state index >= 15 is 0 Å². The number of hydrogen-bond donors (Lipinski definition) is 3. The molecule has 0 heterocycles. The molecule has 444 valence electrons. The van der Waals surface area contributed by atoms with Crippen LogP contribution in [-0.4, -0.2) is 34.9 Å². The minimum atomic E-state index is -0.864. The highest BCUT2D eigenvalue weighted by molar-refractivity contribution is 5.76. The van der Waals surface area contributed by atoms with E-state index in [9.17, 15) is 15.0 Å².